The molecule has 0 aromatic heterocycles. The Hall–Kier alpha value is -1.35. The topological polar surface area (TPSA) is 38.3 Å². The van der Waals surface area contributed by atoms with E-state index >= 15 is 0 Å². The summed E-state index contributed by atoms with van der Waals surface area (Å²) < 4.78 is 5.38. The molecule has 1 aromatic rings. The van der Waals surface area contributed by atoms with E-state index in [1.165, 1.54) is 0 Å². The van der Waals surface area contributed by atoms with Crippen LogP contribution in [0.2, 0.25) is 0 Å². The average molecular weight is 263 g/mol. The molecular weight excluding hydrogens is 238 g/mol. The number of benzene rings is 1. The summed E-state index contributed by atoms with van der Waals surface area (Å²) in [5, 5.41) is 3.40. The highest BCUT2D eigenvalue weighted by molar-refractivity contribution is 5.89. The molecule has 1 N–H and O–H groups in total. The fourth-order valence-corrected chi connectivity index (χ4v) is 1.76. The van der Waals surface area contributed by atoms with Gasteiger partial charge >= 0.3 is 5.97 Å². The molecule has 3 heteroatoms. The zero-order valence-electron chi connectivity index (χ0n) is 12.5. The maximum Gasteiger partial charge on any atom is 0.338 e. The van der Waals surface area contributed by atoms with Gasteiger partial charge in [0.2, 0.25) is 0 Å². The minimum absolute atomic E-state index is 0.186. The van der Waals surface area contributed by atoms with Crippen LogP contribution in [0.1, 0.15) is 49.5 Å². The molecule has 106 valence electrons. The van der Waals surface area contributed by atoms with Crippen molar-refractivity contribution < 1.29 is 9.53 Å². The molecule has 0 aliphatic rings. The third kappa shape index (κ3) is 5.88. The van der Waals surface area contributed by atoms with Crippen LogP contribution in [-0.2, 0) is 4.74 Å². The fourth-order valence-electron chi connectivity index (χ4n) is 1.76. The van der Waals surface area contributed by atoms with E-state index in [1.54, 1.807) is 6.07 Å². The highest BCUT2D eigenvalue weighted by Gasteiger charge is 2.19. The van der Waals surface area contributed by atoms with E-state index in [-0.39, 0.29) is 11.5 Å². The molecule has 19 heavy (non-hydrogen) atoms. The zero-order chi connectivity index (χ0) is 14.3. The van der Waals surface area contributed by atoms with Crippen LogP contribution in [-0.4, -0.2) is 24.7 Å². The molecule has 0 aliphatic heterocycles. The van der Waals surface area contributed by atoms with Gasteiger partial charge in [0.1, 0.15) is 6.61 Å². The summed E-state index contributed by atoms with van der Waals surface area (Å²) in [5.41, 5.74) is 1.49. The number of rotatable bonds is 7. The van der Waals surface area contributed by atoms with Crippen LogP contribution < -0.4 is 5.32 Å². The van der Waals surface area contributed by atoms with E-state index in [1.807, 2.05) is 39.0 Å². The lowest BCUT2D eigenvalue weighted by Crippen LogP contribution is -2.44. The molecule has 0 bridgehead atoms. The van der Waals surface area contributed by atoms with Gasteiger partial charge in [0.05, 0.1) is 5.56 Å². The van der Waals surface area contributed by atoms with Crippen molar-refractivity contribution in [3.8, 4) is 0 Å². The summed E-state index contributed by atoms with van der Waals surface area (Å²) in [7, 11) is 0. The van der Waals surface area contributed by atoms with Gasteiger partial charge in [-0.3, -0.25) is 0 Å². The van der Waals surface area contributed by atoms with Crippen LogP contribution >= 0.6 is 0 Å². The van der Waals surface area contributed by atoms with E-state index in [4.69, 9.17) is 4.74 Å². The van der Waals surface area contributed by atoms with Crippen LogP contribution in [0, 0.1) is 6.92 Å². The van der Waals surface area contributed by atoms with Crippen molar-refractivity contribution in [2.24, 2.45) is 0 Å². The molecule has 0 amide bonds. The normalized spacial score (nSPS) is 11.4. The number of carbonyl (C=O) groups is 1. The Morgan fingerprint density at radius 1 is 1.37 bits per heavy atom. The Kier molecular flexibility index (Phi) is 6.03. The molecule has 0 fully saturated rings. The average Bonchev–Trinajstić information content (AvgIpc) is 2.36. The SMILES string of the molecule is CCCCNC(C)(C)COC(=O)c1cccc(C)c1. The van der Waals surface area contributed by atoms with Gasteiger partial charge in [-0.25, -0.2) is 4.79 Å². The van der Waals surface area contributed by atoms with Crippen LogP contribution in [0.5, 0.6) is 0 Å². The fraction of sp³-hybridized carbons (Fsp3) is 0.562. The second-order valence-electron chi connectivity index (χ2n) is 5.61. The van der Waals surface area contributed by atoms with Crippen molar-refractivity contribution in [1.82, 2.24) is 5.32 Å². The van der Waals surface area contributed by atoms with Crippen molar-refractivity contribution in [2.75, 3.05) is 13.2 Å². The first-order valence-electron chi connectivity index (χ1n) is 6.93. The van der Waals surface area contributed by atoms with E-state index < -0.39 is 0 Å². The minimum Gasteiger partial charge on any atom is -0.460 e. The minimum atomic E-state index is -0.255. The van der Waals surface area contributed by atoms with Crippen molar-refractivity contribution in [1.29, 1.82) is 0 Å². The largest absolute Gasteiger partial charge is 0.460 e. The van der Waals surface area contributed by atoms with Crippen LogP contribution in [0.15, 0.2) is 24.3 Å². The molecule has 0 atom stereocenters. The second-order valence-corrected chi connectivity index (χ2v) is 5.61. The Morgan fingerprint density at radius 2 is 2.11 bits per heavy atom. The lowest BCUT2D eigenvalue weighted by Gasteiger charge is -2.25. The highest BCUT2D eigenvalue weighted by Crippen LogP contribution is 2.09. The molecule has 0 spiro atoms. The Labute approximate surface area is 116 Å². The van der Waals surface area contributed by atoms with Gasteiger partial charge in [-0.05, 0) is 45.9 Å². The number of esters is 1. The second kappa shape index (κ2) is 7.29. The standard InChI is InChI=1S/C16H25NO2/c1-5-6-10-17-16(3,4)12-19-15(18)14-9-7-8-13(2)11-14/h7-9,11,17H,5-6,10,12H2,1-4H3. The van der Waals surface area contributed by atoms with E-state index in [0.29, 0.717) is 12.2 Å². The monoisotopic (exact) mass is 263 g/mol. The lowest BCUT2D eigenvalue weighted by molar-refractivity contribution is 0.0400. The van der Waals surface area contributed by atoms with Gasteiger partial charge in [0, 0.05) is 5.54 Å². The quantitative estimate of drug-likeness (QED) is 0.606. The number of hydrogen-bond acceptors (Lipinski definition) is 3. The van der Waals surface area contributed by atoms with Gasteiger partial charge < -0.3 is 10.1 Å². The Bertz CT molecular complexity index is 413. The first-order chi connectivity index (χ1) is 8.94. The van der Waals surface area contributed by atoms with Crippen LogP contribution in [0.3, 0.4) is 0 Å². The Balaban J connectivity index is 2.45. The summed E-state index contributed by atoms with van der Waals surface area (Å²) >= 11 is 0. The summed E-state index contributed by atoms with van der Waals surface area (Å²) in [5.74, 6) is -0.255. The summed E-state index contributed by atoms with van der Waals surface area (Å²) in [6, 6.07) is 7.47. The number of aryl methyl sites for hydroxylation is 1. The number of unbranched alkanes of at least 4 members (excludes halogenated alkanes) is 1. The molecule has 1 rings (SSSR count). The third-order valence-corrected chi connectivity index (χ3v) is 2.95. The van der Waals surface area contributed by atoms with Gasteiger partial charge in [-0.15, -0.1) is 0 Å². The smallest absolute Gasteiger partial charge is 0.338 e. The predicted molar refractivity (Wildman–Crippen MR) is 78.5 cm³/mol. The van der Waals surface area contributed by atoms with Crippen molar-refractivity contribution in [3.05, 3.63) is 35.4 Å². The summed E-state index contributed by atoms with van der Waals surface area (Å²) in [6.07, 6.45) is 2.29. The number of nitrogens with one attached hydrogen (secondary N) is 1. The number of carbonyl (C=O) groups excluding carboxylic acids is 1. The molecule has 0 aliphatic carbocycles. The molecule has 1 aromatic carbocycles. The number of hydrogen-bond donors (Lipinski definition) is 1. The first-order valence-corrected chi connectivity index (χ1v) is 6.93. The molecular formula is C16H25NO2. The lowest BCUT2D eigenvalue weighted by atomic mass is 10.1. The maximum atomic E-state index is 11.9. The molecule has 0 saturated carbocycles. The van der Waals surface area contributed by atoms with E-state index in [0.717, 1.165) is 24.9 Å². The van der Waals surface area contributed by atoms with Gasteiger partial charge in [0.15, 0.2) is 0 Å². The van der Waals surface area contributed by atoms with Crippen molar-refractivity contribution in [3.63, 3.8) is 0 Å². The predicted octanol–water partition coefficient (Wildman–Crippen LogP) is 3.32. The highest BCUT2D eigenvalue weighted by atomic mass is 16.5. The molecule has 0 heterocycles. The summed E-state index contributed by atoms with van der Waals surface area (Å²) in [4.78, 5) is 11.9. The Morgan fingerprint density at radius 3 is 2.74 bits per heavy atom. The van der Waals surface area contributed by atoms with Crippen molar-refractivity contribution in [2.45, 2.75) is 46.1 Å². The van der Waals surface area contributed by atoms with Gasteiger partial charge in [-0.2, -0.15) is 0 Å². The van der Waals surface area contributed by atoms with E-state index in [9.17, 15) is 4.79 Å². The third-order valence-electron chi connectivity index (χ3n) is 2.95. The molecule has 3 nitrogen and oxygen atoms in total. The van der Waals surface area contributed by atoms with Crippen molar-refractivity contribution >= 4 is 5.97 Å². The first kappa shape index (κ1) is 15.7. The van der Waals surface area contributed by atoms with Gasteiger partial charge in [-0.1, -0.05) is 31.0 Å². The zero-order valence-corrected chi connectivity index (χ0v) is 12.5. The summed E-state index contributed by atoms with van der Waals surface area (Å²) in [6.45, 7) is 9.55. The van der Waals surface area contributed by atoms with Gasteiger partial charge in [0.25, 0.3) is 0 Å². The molecule has 0 unspecified atom stereocenters. The van der Waals surface area contributed by atoms with E-state index in [2.05, 4.69) is 12.2 Å². The number of ether oxygens (including phenoxy) is 1. The van der Waals surface area contributed by atoms with Crippen LogP contribution in [0.25, 0.3) is 0 Å². The maximum absolute atomic E-state index is 11.9. The molecule has 0 saturated heterocycles. The van der Waals surface area contributed by atoms with Crippen LogP contribution in [0.4, 0.5) is 0 Å². The molecule has 0 radical (unpaired) electrons.